The van der Waals surface area contributed by atoms with Gasteiger partial charge >= 0.3 is 6.03 Å². The van der Waals surface area contributed by atoms with Gasteiger partial charge in [0.2, 0.25) is 0 Å². The van der Waals surface area contributed by atoms with Crippen LogP contribution in [0.15, 0.2) is 30.3 Å². The fourth-order valence-corrected chi connectivity index (χ4v) is 3.55. The molecular weight excluding hydrogens is 298 g/mol. The first-order chi connectivity index (χ1) is 11.7. The molecule has 4 nitrogen and oxygen atoms in total. The van der Waals surface area contributed by atoms with E-state index >= 15 is 0 Å². The number of likely N-dealkylation sites (tertiary alicyclic amines) is 1. The van der Waals surface area contributed by atoms with Crippen LogP contribution in [0.4, 0.5) is 4.79 Å². The van der Waals surface area contributed by atoms with E-state index in [1.54, 1.807) is 0 Å². The molecule has 2 N–H and O–H groups in total. The molecule has 3 rings (SSSR count). The van der Waals surface area contributed by atoms with Gasteiger partial charge in [0, 0.05) is 6.54 Å². The van der Waals surface area contributed by atoms with Crippen LogP contribution in [0.25, 0.3) is 0 Å². The van der Waals surface area contributed by atoms with E-state index < -0.39 is 0 Å². The van der Waals surface area contributed by atoms with E-state index in [0.29, 0.717) is 5.92 Å². The third-order valence-corrected chi connectivity index (χ3v) is 5.35. The summed E-state index contributed by atoms with van der Waals surface area (Å²) in [6, 6.07) is 10.5. The van der Waals surface area contributed by atoms with Crippen molar-refractivity contribution in [3.8, 4) is 0 Å². The summed E-state index contributed by atoms with van der Waals surface area (Å²) in [5.74, 6) is 1.48. The Bertz CT molecular complexity index is 507. The molecule has 0 spiro atoms. The summed E-state index contributed by atoms with van der Waals surface area (Å²) in [6.07, 6.45) is 6.09. The summed E-state index contributed by atoms with van der Waals surface area (Å²) >= 11 is 0. The molecule has 0 bridgehead atoms. The largest absolute Gasteiger partial charge is 0.338 e. The minimum Gasteiger partial charge on any atom is -0.338 e. The van der Waals surface area contributed by atoms with Gasteiger partial charge in [-0.05, 0) is 69.1 Å². The summed E-state index contributed by atoms with van der Waals surface area (Å²) in [4.78, 5) is 14.7. The van der Waals surface area contributed by atoms with Crippen molar-refractivity contribution in [3.05, 3.63) is 35.9 Å². The molecule has 132 valence electrons. The number of hydrogen-bond donors (Lipinski definition) is 2. The van der Waals surface area contributed by atoms with Crippen LogP contribution in [0.2, 0.25) is 0 Å². The number of benzene rings is 1. The first kappa shape index (κ1) is 17.3. The highest BCUT2D eigenvalue weighted by atomic mass is 16.2. The number of piperidine rings is 1. The van der Waals surface area contributed by atoms with Crippen molar-refractivity contribution in [1.29, 1.82) is 0 Å². The van der Waals surface area contributed by atoms with Gasteiger partial charge in [-0.3, -0.25) is 0 Å². The topological polar surface area (TPSA) is 44.4 Å². The molecule has 1 saturated carbocycles. The van der Waals surface area contributed by atoms with Crippen LogP contribution in [0, 0.1) is 11.8 Å². The molecule has 1 aromatic rings. The highest BCUT2D eigenvalue weighted by Gasteiger charge is 2.33. The van der Waals surface area contributed by atoms with Gasteiger partial charge < -0.3 is 15.5 Å². The third-order valence-electron chi connectivity index (χ3n) is 5.35. The van der Waals surface area contributed by atoms with Gasteiger partial charge in [0.15, 0.2) is 0 Å². The molecule has 0 radical (unpaired) electrons. The van der Waals surface area contributed by atoms with Crippen LogP contribution < -0.4 is 10.6 Å². The lowest BCUT2D eigenvalue weighted by atomic mass is 9.99. The fraction of sp³-hybridized carbons (Fsp3) is 0.650. The molecule has 4 heteroatoms. The molecule has 1 aromatic carbocycles. The van der Waals surface area contributed by atoms with Crippen LogP contribution in [0.1, 0.15) is 50.6 Å². The van der Waals surface area contributed by atoms with Crippen LogP contribution in [0.5, 0.6) is 0 Å². The Morgan fingerprint density at radius 3 is 2.54 bits per heavy atom. The second-order valence-corrected chi connectivity index (χ2v) is 7.50. The molecular formula is C20H31N3O. The standard InChI is InChI=1S/C20H31N3O/c1-16-10-14-23(15-11-16)13-5-12-21-20(24)22-19(18-8-9-18)17-6-3-2-4-7-17/h2-4,6-7,16,18-19H,5,8-15H2,1H3,(H2,21,22,24). The van der Waals surface area contributed by atoms with E-state index in [2.05, 4.69) is 34.6 Å². The summed E-state index contributed by atoms with van der Waals surface area (Å²) in [5.41, 5.74) is 1.22. The maximum Gasteiger partial charge on any atom is 0.315 e. The number of carbonyl (C=O) groups is 1. The average molecular weight is 329 g/mol. The molecule has 2 amide bonds. The Hall–Kier alpha value is -1.55. The number of hydrogen-bond acceptors (Lipinski definition) is 2. The first-order valence-corrected chi connectivity index (χ1v) is 9.54. The smallest absolute Gasteiger partial charge is 0.315 e. The van der Waals surface area contributed by atoms with E-state index in [9.17, 15) is 4.79 Å². The van der Waals surface area contributed by atoms with Crippen molar-refractivity contribution in [2.75, 3.05) is 26.2 Å². The number of amides is 2. The minimum atomic E-state index is -0.0250. The van der Waals surface area contributed by atoms with Crippen LogP contribution >= 0.6 is 0 Å². The lowest BCUT2D eigenvalue weighted by Gasteiger charge is -2.30. The molecule has 1 aliphatic heterocycles. The zero-order chi connectivity index (χ0) is 16.8. The zero-order valence-corrected chi connectivity index (χ0v) is 14.8. The fourth-order valence-electron chi connectivity index (χ4n) is 3.55. The Balaban J connectivity index is 1.36. The normalized spacial score (nSPS) is 20.5. The molecule has 0 aromatic heterocycles. The van der Waals surface area contributed by atoms with Gasteiger partial charge in [0.25, 0.3) is 0 Å². The Kier molecular flexibility index (Phi) is 6.13. The summed E-state index contributed by atoms with van der Waals surface area (Å²) in [5, 5.41) is 6.21. The maximum absolute atomic E-state index is 12.2. The van der Waals surface area contributed by atoms with Gasteiger partial charge in [-0.15, -0.1) is 0 Å². The van der Waals surface area contributed by atoms with E-state index in [4.69, 9.17) is 0 Å². The second kappa shape index (κ2) is 8.52. The molecule has 1 atom stereocenters. The van der Waals surface area contributed by atoms with Crippen LogP contribution in [0.3, 0.4) is 0 Å². The second-order valence-electron chi connectivity index (χ2n) is 7.50. The summed E-state index contributed by atoms with van der Waals surface area (Å²) in [7, 11) is 0. The van der Waals surface area contributed by atoms with Gasteiger partial charge in [0.05, 0.1) is 6.04 Å². The van der Waals surface area contributed by atoms with E-state index in [1.165, 1.54) is 44.3 Å². The average Bonchev–Trinajstić information content (AvgIpc) is 3.44. The highest BCUT2D eigenvalue weighted by Crippen LogP contribution is 2.40. The van der Waals surface area contributed by atoms with Crippen molar-refractivity contribution >= 4 is 6.03 Å². The molecule has 2 aliphatic rings. The highest BCUT2D eigenvalue weighted by molar-refractivity contribution is 5.74. The van der Waals surface area contributed by atoms with Gasteiger partial charge in [-0.25, -0.2) is 4.79 Å². The monoisotopic (exact) mass is 329 g/mol. The van der Waals surface area contributed by atoms with E-state index in [1.807, 2.05) is 18.2 Å². The minimum absolute atomic E-state index is 0.0250. The maximum atomic E-state index is 12.2. The van der Waals surface area contributed by atoms with Crippen molar-refractivity contribution in [2.24, 2.45) is 11.8 Å². The predicted molar refractivity (Wildman–Crippen MR) is 97.9 cm³/mol. The van der Waals surface area contributed by atoms with Crippen molar-refractivity contribution in [3.63, 3.8) is 0 Å². The molecule has 24 heavy (non-hydrogen) atoms. The third kappa shape index (κ3) is 5.23. The van der Waals surface area contributed by atoms with Crippen LogP contribution in [-0.4, -0.2) is 37.1 Å². The van der Waals surface area contributed by atoms with Gasteiger partial charge in [-0.2, -0.15) is 0 Å². The van der Waals surface area contributed by atoms with E-state index in [-0.39, 0.29) is 12.1 Å². The zero-order valence-electron chi connectivity index (χ0n) is 14.8. The van der Waals surface area contributed by atoms with Crippen molar-refractivity contribution in [2.45, 2.75) is 45.1 Å². The van der Waals surface area contributed by atoms with E-state index in [0.717, 1.165) is 25.4 Å². The first-order valence-electron chi connectivity index (χ1n) is 9.54. The number of carbonyl (C=O) groups excluding carboxylic acids is 1. The molecule has 1 aliphatic carbocycles. The SMILES string of the molecule is CC1CCN(CCCNC(=O)NC(c2ccccc2)C2CC2)CC1. The number of urea groups is 1. The Morgan fingerprint density at radius 2 is 1.88 bits per heavy atom. The number of rotatable bonds is 7. The summed E-state index contributed by atoms with van der Waals surface area (Å²) < 4.78 is 0. The predicted octanol–water partition coefficient (Wildman–Crippen LogP) is 3.56. The molecule has 1 heterocycles. The lowest BCUT2D eigenvalue weighted by molar-refractivity contribution is 0.190. The van der Waals surface area contributed by atoms with Gasteiger partial charge in [0.1, 0.15) is 0 Å². The van der Waals surface area contributed by atoms with Crippen LogP contribution in [-0.2, 0) is 0 Å². The quantitative estimate of drug-likeness (QED) is 0.751. The molecule has 1 unspecified atom stereocenters. The molecule has 2 fully saturated rings. The Labute approximate surface area is 146 Å². The Morgan fingerprint density at radius 1 is 1.17 bits per heavy atom. The lowest BCUT2D eigenvalue weighted by Crippen LogP contribution is -2.40. The van der Waals surface area contributed by atoms with Gasteiger partial charge in [-0.1, -0.05) is 37.3 Å². The van der Waals surface area contributed by atoms with Crippen molar-refractivity contribution < 1.29 is 4.79 Å². The molecule has 1 saturated heterocycles. The van der Waals surface area contributed by atoms with Crippen molar-refractivity contribution in [1.82, 2.24) is 15.5 Å². The number of nitrogens with one attached hydrogen (secondary N) is 2. The number of nitrogens with zero attached hydrogens (tertiary/aromatic N) is 1. The summed E-state index contributed by atoms with van der Waals surface area (Å²) in [6.45, 7) is 6.62.